The van der Waals surface area contributed by atoms with Gasteiger partial charge in [0, 0.05) is 17.3 Å². The maximum absolute atomic E-state index is 11.0. The second-order valence-corrected chi connectivity index (χ2v) is 4.55. The molecular weight excluding hydrogens is 256 g/mol. The van der Waals surface area contributed by atoms with Crippen LogP contribution in [-0.2, 0) is 0 Å². The standard InChI is InChI=1S/C14H12N4O2/c1-8-6-12-16-17-13(18(12)9(2)15-8)10-4-3-5-11(7-10)14(19)20/h3-7H,1-2H3,(H,19,20). The fraction of sp³-hybridized carbons (Fsp3) is 0.143. The second kappa shape index (κ2) is 4.41. The Balaban J connectivity index is 2.25. The molecule has 0 bridgehead atoms. The molecule has 0 amide bonds. The molecule has 6 nitrogen and oxygen atoms in total. The molecule has 0 saturated carbocycles. The Labute approximate surface area is 114 Å². The smallest absolute Gasteiger partial charge is 0.335 e. The van der Waals surface area contributed by atoms with Gasteiger partial charge in [0.05, 0.1) is 5.56 Å². The number of rotatable bonds is 2. The van der Waals surface area contributed by atoms with E-state index in [2.05, 4.69) is 15.2 Å². The van der Waals surface area contributed by atoms with Crippen molar-refractivity contribution >= 4 is 11.6 Å². The van der Waals surface area contributed by atoms with Gasteiger partial charge in [-0.2, -0.15) is 0 Å². The van der Waals surface area contributed by atoms with Gasteiger partial charge in [-0.25, -0.2) is 9.78 Å². The molecule has 1 N–H and O–H groups in total. The summed E-state index contributed by atoms with van der Waals surface area (Å²) >= 11 is 0. The van der Waals surface area contributed by atoms with E-state index in [0.29, 0.717) is 17.0 Å². The molecule has 2 aromatic heterocycles. The molecule has 20 heavy (non-hydrogen) atoms. The Morgan fingerprint density at radius 3 is 2.75 bits per heavy atom. The van der Waals surface area contributed by atoms with Crippen molar-refractivity contribution in [3.05, 3.63) is 47.4 Å². The van der Waals surface area contributed by atoms with Gasteiger partial charge in [0.25, 0.3) is 0 Å². The Kier molecular flexibility index (Phi) is 2.71. The molecule has 100 valence electrons. The van der Waals surface area contributed by atoms with Crippen LogP contribution in [-0.4, -0.2) is 30.7 Å². The number of aromatic carboxylic acids is 1. The number of carboxylic acids is 1. The SMILES string of the molecule is Cc1cc2nnc(-c3cccc(C(=O)O)c3)n2c(C)n1. The summed E-state index contributed by atoms with van der Waals surface area (Å²) in [7, 11) is 0. The zero-order valence-electron chi connectivity index (χ0n) is 11.0. The lowest BCUT2D eigenvalue weighted by atomic mass is 10.1. The Morgan fingerprint density at radius 2 is 2.00 bits per heavy atom. The summed E-state index contributed by atoms with van der Waals surface area (Å²) in [6.07, 6.45) is 0. The van der Waals surface area contributed by atoms with E-state index in [-0.39, 0.29) is 5.56 Å². The van der Waals surface area contributed by atoms with E-state index in [4.69, 9.17) is 5.11 Å². The highest BCUT2D eigenvalue weighted by atomic mass is 16.4. The highest BCUT2D eigenvalue weighted by Gasteiger charge is 2.13. The van der Waals surface area contributed by atoms with Gasteiger partial charge in [0.2, 0.25) is 0 Å². The van der Waals surface area contributed by atoms with Crippen molar-refractivity contribution in [1.82, 2.24) is 19.6 Å². The van der Waals surface area contributed by atoms with Crippen molar-refractivity contribution in [2.75, 3.05) is 0 Å². The third-order valence-corrected chi connectivity index (χ3v) is 3.06. The van der Waals surface area contributed by atoms with Crippen LogP contribution in [0.3, 0.4) is 0 Å². The third-order valence-electron chi connectivity index (χ3n) is 3.06. The number of hydrogen-bond donors (Lipinski definition) is 1. The van der Waals surface area contributed by atoms with Crippen LogP contribution in [0.5, 0.6) is 0 Å². The van der Waals surface area contributed by atoms with Crippen LogP contribution in [0, 0.1) is 13.8 Å². The largest absolute Gasteiger partial charge is 0.478 e. The predicted octanol–water partition coefficient (Wildman–Crippen LogP) is 2.11. The monoisotopic (exact) mass is 268 g/mol. The average Bonchev–Trinajstić information content (AvgIpc) is 2.82. The average molecular weight is 268 g/mol. The minimum Gasteiger partial charge on any atom is -0.478 e. The van der Waals surface area contributed by atoms with Gasteiger partial charge in [-0.3, -0.25) is 4.40 Å². The molecular formula is C14H12N4O2. The Bertz CT molecular complexity index is 823. The normalized spacial score (nSPS) is 10.9. The van der Waals surface area contributed by atoms with Gasteiger partial charge in [-0.05, 0) is 26.0 Å². The number of fused-ring (bicyclic) bond motifs is 1. The first kappa shape index (κ1) is 12.3. The van der Waals surface area contributed by atoms with E-state index in [1.54, 1.807) is 18.2 Å². The molecule has 0 atom stereocenters. The number of aryl methyl sites for hydroxylation is 2. The summed E-state index contributed by atoms with van der Waals surface area (Å²) in [6, 6.07) is 8.46. The lowest BCUT2D eigenvalue weighted by Gasteiger charge is -2.05. The van der Waals surface area contributed by atoms with E-state index >= 15 is 0 Å². The molecule has 0 fully saturated rings. The predicted molar refractivity (Wildman–Crippen MR) is 72.7 cm³/mol. The number of carbonyl (C=O) groups is 1. The van der Waals surface area contributed by atoms with E-state index in [1.165, 1.54) is 0 Å². The van der Waals surface area contributed by atoms with E-state index < -0.39 is 5.97 Å². The zero-order valence-corrected chi connectivity index (χ0v) is 11.0. The first-order valence-corrected chi connectivity index (χ1v) is 6.09. The van der Waals surface area contributed by atoms with E-state index in [1.807, 2.05) is 30.4 Å². The first-order valence-electron chi connectivity index (χ1n) is 6.09. The number of benzene rings is 1. The molecule has 0 aliphatic rings. The number of carboxylic acid groups (broad SMARTS) is 1. The molecule has 0 aliphatic carbocycles. The molecule has 2 heterocycles. The van der Waals surface area contributed by atoms with Crippen molar-refractivity contribution in [1.29, 1.82) is 0 Å². The Hall–Kier alpha value is -2.76. The highest BCUT2D eigenvalue weighted by molar-refractivity contribution is 5.89. The summed E-state index contributed by atoms with van der Waals surface area (Å²) in [5.74, 6) is 0.389. The molecule has 1 aromatic carbocycles. The van der Waals surface area contributed by atoms with Crippen molar-refractivity contribution in [3.8, 4) is 11.4 Å². The van der Waals surface area contributed by atoms with E-state index in [9.17, 15) is 4.79 Å². The van der Waals surface area contributed by atoms with Crippen LogP contribution >= 0.6 is 0 Å². The first-order chi connectivity index (χ1) is 9.56. The van der Waals surface area contributed by atoms with Crippen molar-refractivity contribution in [3.63, 3.8) is 0 Å². The topological polar surface area (TPSA) is 80.4 Å². The second-order valence-electron chi connectivity index (χ2n) is 4.55. The maximum Gasteiger partial charge on any atom is 0.335 e. The lowest BCUT2D eigenvalue weighted by Crippen LogP contribution is -2.00. The highest BCUT2D eigenvalue weighted by Crippen LogP contribution is 2.21. The van der Waals surface area contributed by atoms with Gasteiger partial charge in [0.1, 0.15) is 5.82 Å². The van der Waals surface area contributed by atoms with Gasteiger partial charge in [0.15, 0.2) is 11.5 Å². The van der Waals surface area contributed by atoms with Crippen LogP contribution in [0.1, 0.15) is 21.9 Å². The molecule has 0 radical (unpaired) electrons. The van der Waals surface area contributed by atoms with Crippen molar-refractivity contribution < 1.29 is 9.90 Å². The number of nitrogens with zero attached hydrogens (tertiary/aromatic N) is 4. The number of hydrogen-bond acceptors (Lipinski definition) is 4. The quantitative estimate of drug-likeness (QED) is 0.769. The molecule has 3 rings (SSSR count). The zero-order chi connectivity index (χ0) is 14.3. The minimum atomic E-state index is -0.966. The lowest BCUT2D eigenvalue weighted by molar-refractivity contribution is 0.0697. The van der Waals surface area contributed by atoms with Gasteiger partial charge >= 0.3 is 5.97 Å². The minimum absolute atomic E-state index is 0.219. The third kappa shape index (κ3) is 1.91. The van der Waals surface area contributed by atoms with Crippen LogP contribution in [0.4, 0.5) is 0 Å². The van der Waals surface area contributed by atoms with Crippen LogP contribution in [0.15, 0.2) is 30.3 Å². The molecule has 6 heteroatoms. The summed E-state index contributed by atoms with van der Waals surface area (Å²) in [5, 5.41) is 17.3. The van der Waals surface area contributed by atoms with Crippen molar-refractivity contribution in [2.24, 2.45) is 0 Å². The summed E-state index contributed by atoms with van der Waals surface area (Å²) in [5.41, 5.74) is 2.49. The van der Waals surface area contributed by atoms with E-state index in [0.717, 1.165) is 11.5 Å². The van der Waals surface area contributed by atoms with Crippen molar-refractivity contribution in [2.45, 2.75) is 13.8 Å². The van der Waals surface area contributed by atoms with Crippen LogP contribution in [0.25, 0.3) is 17.0 Å². The summed E-state index contributed by atoms with van der Waals surface area (Å²) in [4.78, 5) is 15.4. The summed E-state index contributed by atoms with van der Waals surface area (Å²) < 4.78 is 1.81. The fourth-order valence-electron chi connectivity index (χ4n) is 2.21. The fourth-order valence-corrected chi connectivity index (χ4v) is 2.21. The molecule has 0 unspecified atom stereocenters. The molecule has 3 aromatic rings. The Morgan fingerprint density at radius 1 is 1.20 bits per heavy atom. The maximum atomic E-state index is 11.0. The molecule has 0 aliphatic heterocycles. The van der Waals surface area contributed by atoms with Gasteiger partial charge in [-0.15, -0.1) is 10.2 Å². The molecule has 0 spiro atoms. The molecule has 0 saturated heterocycles. The van der Waals surface area contributed by atoms with Gasteiger partial charge < -0.3 is 5.11 Å². The van der Waals surface area contributed by atoms with Crippen LogP contribution in [0.2, 0.25) is 0 Å². The summed E-state index contributed by atoms with van der Waals surface area (Å²) in [6.45, 7) is 3.76. The van der Waals surface area contributed by atoms with Crippen LogP contribution < -0.4 is 0 Å². The van der Waals surface area contributed by atoms with Gasteiger partial charge in [-0.1, -0.05) is 12.1 Å². The number of aromatic nitrogens is 4.